The number of benzene rings is 1. The number of aliphatic carboxylic acids is 1. The van der Waals surface area contributed by atoms with Gasteiger partial charge in [0.2, 0.25) is 11.8 Å². The van der Waals surface area contributed by atoms with Crippen molar-refractivity contribution in [3.8, 4) is 0 Å². The van der Waals surface area contributed by atoms with E-state index >= 15 is 0 Å². The van der Waals surface area contributed by atoms with Gasteiger partial charge >= 0.3 is 5.97 Å². The molecule has 0 aromatic heterocycles. The van der Waals surface area contributed by atoms with Crippen molar-refractivity contribution >= 4 is 17.8 Å². The van der Waals surface area contributed by atoms with E-state index in [1.165, 1.54) is 12.1 Å². The largest absolute Gasteiger partial charge is 0.480 e. The lowest BCUT2D eigenvalue weighted by molar-refractivity contribution is -0.148. The van der Waals surface area contributed by atoms with Gasteiger partial charge in [-0.3, -0.25) is 19.7 Å². The molecule has 1 saturated heterocycles. The van der Waals surface area contributed by atoms with Crippen molar-refractivity contribution in [2.75, 3.05) is 0 Å². The molecule has 2 N–H and O–H groups in total. The molecule has 1 fully saturated rings. The summed E-state index contributed by atoms with van der Waals surface area (Å²) in [5.74, 6) is -2.63. The lowest BCUT2D eigenvalue weighted by atomic mass is 9.79. The highest BCUT2D eigenvalue weighted by Crippen LogP contribution is 2.32. The van der Waals surface area contributed by atoms with Crippen molar-refractivity contribution in [2.24, 2.45) is 0 Å². The van der Waals surface area contributed by atoms with E-state index in [0.29, 0.717) is 5.56 Å². The highest BCUT2D eigenvalue weighted by molar-refractivity contribution is 6.20. The van der Waals surface area contributed by atoms with Crippen molar-refractivity contribution in [3.05, 3.63) is 35.9 Å². The van der Waals surface area contributed by atoms with Gasteiger partial charge in [-0.05, 0) is 5.56 Å². The Morgan fingerprint density at radius 1 is 1.25 bits per heavy atom. The Bertz CT molecular complexity index is 468. The molecule has 1 unspecified atom stereocenters. The van der Waals surface area contributed by atoms with Crippen LogP contribution < -0.4 is 5.32 Å². The molecule has 1 aromatic rings. The van der Waals surface area contributed by atoms with E-state index in [4.69, 9.17) is 0 Å². The van der Waals surface area contributed by atoms with Crippen molar-refractivity contribution in [2.45, 2.75) is 11.8 Å². The van der Waals surface area contributed by atoms with Crippen LogP contribution in [0.3, 0.4) is 0 Å². The molecule has 0 bridgehead atoms. The number of carboxylic acids is 1. The fourth-order valence-electron chi connectivity index (χ4n) is 1.85. The first-order valence-electron chi connectivity index (χ1n) is 4.70. The molecule has 16 heavy (non-hydrogen) atoms. The predicted octanol–water partition coefficient (Wildman–Crippen LogP) is 0.0555. The number of hydrogen-bond donors (Lipinski definition) is 2. The van der Waals surface area contributed by atoms with Crippen LogP contribution in [-0.2, 0) is 19.8 Å². The number of nitrogens with one attached hydrogen (secondary N) is 1. The quantitative estimate of drug-likeness (QED) is 0.544. The maximum atomic E-state index is 11.6. The van der Waals surface area contributed by atoms with Gasteiger partial charge in [0.05, 0.1) is 6.42 Å². The Balaban J connectivity index is 2.58. The third kappa shape index (κ3) is 1.29. The first-order chi connectivity index (χ1) is 7.57. The van der Waals surface area contributed by atoms with Gasteiger partial charge in [0.1, 0.15) is 0 Å². The minimum atomic E-state index is -1.77. The molecule has 0 radical (unpaired) electrons. The van der Waals surface area contributed by atoms with Crippen LogP contribution in [0.4, 0.5) is 0 Å². The van der Waals surface area contributed by atoms with E-state index in [2.05, 4.69) is 0 Å². The van der Waals surface area contributed by atoms with Crippen LogP contribution in [-0.4, -0.2) is 22.9 Å². The molecular formula is C11H9NO4. The molecule has 0 saturated carbocycles. The summed E-state index contributed by atoms with van der Waals surface area (Å²) in [6.45, 7) is 0. The third-order valence-electron chi connectivity index (χ3n) is 2.70. The zero-order chi connectivity index (χ0) is 11.8. The number of carbonyl (C=O) groups is 3. The lowest BCUT2D eigenvalue weighted by Crippen LogP contribution is -2.42. The molecule has 1 atom stereocenters. The molecule has 1 aliphatic rings. The minimum Gasteiger partial charge on any atom is -0.480 e. The molecule has 0 spiro atoms. The fourth-order valence-corrected chi connectivity index (χ4v) is 1.85. The first-order valence-corrected chi connectivity index (χ1v) is 4.70. The number of rotatable bonds is 2. The maximum Gasteiger partial charge on any atom is 0.324 e. The zero-order valence-corrected chi connectivity index (χ0v) is 8.27. The van der Waals surface area contributed by atoms with Gasteiger partial charge in [-0.15, -0.1) is 0 Å². The highest BCUT2D eigenvalue weighted by atomic mass is 16.4. The van der Waals surface area contributed by atoms with E-state index < -0.39 is 23.2 Å². The number of carbonyl (C=O) groups excluding carboxylic acids is 2. The summed E-state index contributed by atoms with van der Waals surface area (Å²) < 4.78 is 0. The van der Waals surface area contributed by atoms with Gasteiger partial charge in [0.15, 0.2) is 5.41 Å². The van der Waals surface area contributed by atoms with Crippen molar-refractivity contribution in [3.63, 3.8) is 0 Å². The van der Waals surface area contributed by atoms with E-state index in [9.17, 15) is 19.5 Å². The molecule has 5 nitrogen and oxygen atoms in total. The molecule has 2 amide bonds. The maximum absolute atomic E-state index is 11.6. The van der Waals surface area contributed by atoms with Crippen LogP contribution in [0.15, 0.2) is 30.3 Å². The van der Waals surface area contributed by atoms with Crippen LogP contribution in [0.25, 0.3) is 0 Å². The van der Waals surface area contributed by atoms with E-state index in [1.54, 1.807) is 18.2 Å². The van der Waals surface area contributed by atoms with E-state index in [0.717, 1.165) is 0 Å². The normalized spacial score (nSPS) is 24.2. The first kappa shape index (κ1) is 10.4. The Morgan fingerprint density at radius 3 is 2.31 bits per heavy atom. The molecule has 2 rings (SSSR count). The van der Waals surface area contributed by atoms with Crippen LogP contribution in [0.1, 0.15) is 12.0 Å². The van der Waals surface area contributed by atoms with E-state index in [-0.39, 0.29) is 6.42 Å². The van der Waals surface area contributed by atoms with Gasteiger partial charge < -0.3 is 5.11 Å². The summed E-state index contributed by atoms with van der Waals surface area (Å²) in [5, 5.41) is 11.2. The summed E-state index contributed by atoms with van der Waals surface area (Å²) in [4.78, 5) is 34.1. The molecule has 0 aliphatic carbocycles. The molecule has 1 aliphatic heterocycles. The average Bonchev–Trinajstić information content (AvgIpc) is 2.56. The summed E-state index contributed by atoms with van der Waals surface area (Å²) in [6, 6.07) is 8.05. The molecule has 1 heterocycles. The highest BCUT2D eigenvalue weighted by Gasteiger charge is 2.54. The SMILES string of the molecule is O=C1CC(C(=O)O)(c2ccccc2)C(=O)N1. The second kappa shape index (κ2) is 3.44. The third-order valence-corrected chi connectivity index (χ3v) is 2.70. The van der Waals surface area contributed by atoms with Crippen LogP contribution in [0, 0.1) is 0 Å². The van der Waals surface area contributed by atoms with Crippen molar-refractivity contribution < 1.29 is 19.5 Å². The van der Waals surface area contributed by atoms with Gasteiger partial charge in [-0.25, -0.2) is 0 Å². The second-order valence-electron chi connectivity index (χ2n) is 3.63. The Hall–Kier alpha value is -2.17. The van der Waals surface area contributed by atoms with Crippen LogP contribution >= 0.6 is 0 Å². The van der Waals surface area contributed by atoms with Crippen molar-refractivity contribution in [1.82, 2.24) is 5.32 Å². The summed E-state index contributed by atoms with van der Waals surface area (Å²) in [5.41, 5.74) is -1.44. The number of amides is 2. The topological polar surface area (TPSA) is 83.5 Å². The minimum absolute atomic E-state index is 0.325. The van der Waals surface area contributed by atoms with Crippen LogP contribution in [0.5, 0.6) is 0 Å². The molecular weight excluding hydrogens is 210 g/mol. The Kier molecular flexibility index (Phi) is 2.23. The number of hydrogen-bond acceptors (Lipinski definition) is 3. The smallest absolute Gasteiger partial charge is 0.324 e. The fraction of sp³-hybridized carbons (Fsp3) is 0.182. The lowest BCUT2D eigenvalue weighted by Gasteiger charge is -2.20. The Morgan fingerprint density at radius 2 is 1.88 bits per heavy atom. The Labute approximate surface area is 91.1 Å². The van der Waals surface area contributed by atoms with Gasteiger partial charge in [0.25, 0.3) is 0 Å². The molecule has 82 valence electrons. The molecule has 5 heteroatoms. The van der Waals surface area contributed by atoms with Crippen LogP contribution in [0.2, 0.25) is 0 Å². The number of carboxylic acid groups (broad SMARTS) is 1. The standard InChI is InChI=1S/C11H9NO4/c13-8-6-11(10(15)16,9(14)12-8)7-4-2-1-3-5-7/h1-5H,6H2,(H,15,16)(H,12,13,14). The summed E-state index contributed by atoms with van der Waals surface area (Å²) in [6.07, 6.45) is -0.342. The predicted molar refractivity (Wildman–Crippen MR) is 53.5 cm³/mol. The summed E-state index contributed by atoms with van der Waals surface area (Å²) in [7, 11) is 0. The monoisotopic (exact) mass is 219 g/mol. The van der Waals surface area contributed by atoms with Gasteiger partial charge in [-0.2, -0.15) is 0 Å². The second-order valence-corrected chi connectivity index (χ2v) is 3.63. The average molecular weight is 219 g/mol. The molecule has 1 aromatic carbocycles. The van der Waals surface area contributed by atoms with Gasteiger partial charge in [-0.1, -0.05) is 30.3 Å². The van der Waals surface area contributed by atoms with E-state index in [1.807, 2.05) is 5.32 Å². The zero-order valence-electron chi connectivity index (χ0n) is 8.27. The van der Waals surface area contributed by atoms with Crippen molar-refractivity contribution in [1.29, 1.82) is 0 Å². The van der Waals surface area contributed by atoms with Gasteiger partial charge in [0, 0.05) is 0 Å². The summed E-state index contributed by atoms with van der Waals surface area (Å²) >= 11 is 0. The number of imide groups is 1.